The van der Waals surface area contributed by atoms with Gasteiger partial charge in [-0.05, 0) is 46.1 Å². The molecule has 2 heterocycles. The molecule has 1 atom stereocenters. The first-order valence-corrected chi connectivity index (χ1v) is 8.23. The molecule has 1 unspecified atom stereocenters. The molecule has 108 valence electrons. The van der Waals surface area contributed by atoms with Crippen LogP contribution in [-0.2, 0) is 6.54 Å². The molecule has 0 bridgehead atoms. The molecule has 3 nitrogen and oxygen atoms in total. The first-order valence-electron chi connectivity index (χ1n) is 7.41. The normalized spacial score (nSPS) is 19.9. The Labute approximate surface area is 121 Å². The molecule has 0 aromatic carbocycles. The highest BCUT2D eigenvalue weighted by molar-refractivity contribution is 7.15. The van der Waals surface area contributed by atoms with Crippen LogP contribution in [0.3, 0.4) is 0 Å². The van der Waals surface area contributed by atoms with Crippen molar-refractivity contribution in [3.05, 3.63) is 10.6 Å². The molecule has 0 radical (unpaired) electrons. The van der Waals surface area contributed by atoms with Gasteiger partial charge in [-0.25, -0.2) is 4.98 Å². The summed E-state index contributed by atoms with van der Waals surface area (Å²) >= 11 is 1.88. The third-order valence-corrected chi connectivity index (χ3v) is 5.36. The summed E-state index contributed by atoms with van der Waals surface area (Å²) in [6.45, 7) is 11.3. The van der Waals surface area contributed by atoms with Crippen LogP contribution in [-0.4, -0.2) is 24.1 Å². The van der Waals surface area contributed by atoms with Crippen molar-refractivity contribution in [1.82, 2.24) is 10.3 Å². The molecule has 1 aromatic rings. The van der Waals surface area contributed by atoms with Crippen LogP contribution in [0.15, 0.2) is 0 Å². The van der Waals surface area contributed by atoms with Crippen LogP contribution in [0.4, 0.5) is 5.13 Å². The Balaban J connectivity index is 2.32. The van der Waals surface area contributed by atoms with Gasteiger partial charge in [0.2, 0.25) is 0 Å². The molecule has 0 amide bonds. The van der Waals surface area contributed by atoms with Crippen molar-refractivity contribution in [3.63, 3.8) is 0 Å². The molecule has 1 aromatic heterocycles. The molecule has 4 heteroatoms. The van der Waals surface area contributed by atoms with Crippen LogP contribution in [0.5, 0.6) is 0 Å². The molecule has 1 N–H and O–H groups in total. The van der Waals surface area contributed by atoms with Gasteiger partial charge in [0.05, 0.1) is 5.69 Å². The van der Waals surface area contributed by atoms with Crippen molar-refractivity contribution >= 4 is 16.5 Å². The Bertz CT molecular complexity index is 425. The number of hydrogen-bond acceptors (Lipinski definition) is 4. The maximum atomic E-state index is 4.98. The molecule has 0 saturated carbocycles. The quantitative estimate of drug-likeness (QED) is 0.891. The number of aromatic nitrogens is 1. The Morgan fingerprint density at radius 1 is 1.47 bits per heavy atom. The minimum Gasteiger partial charge on any atom is -0.343 e. The molecular formula is C15H27N3S. The van der Waals surface area contributed by atoms with Gasteiger partial charge in [0.25, 0.3) is 0 Å². The van der Waals surface area contributed by atoms with E-state index in [9.17, 15) is 0 Å². The average molecular weight is 281 g/mol. The van der Waals surface area contributed by atoms with E-state index in [0.717, 1.165) is 19.5 Å². The first kappa shape index (κ1) is 14.8. The average Bonchev–Trinajstić information content (AvgIpc) is 2.92. The zero-order valence-electron chi connectivity index (χ0n) is 12.9. The van der Waals surface area contributed by atoms with Crippen molar-refractivity contribution in [2.45, 2.75) is 65.0 Å². The Hall–Kier alpha value is -0.610. The zero-order chi connectivity index (χ0) is 14.0. The maximum Gasteiger partial charge on any atom is 0.186 e. The number of nitrogens with zero attached hydrogens (tertiary/aromatic N) is 2. The second kappa shape index (κ2) is 5.80. The molecule has 1 aliphatic heterocycles. The maximum absolute atomic E-state index is 4.98. The van der Waals surface area contributed by atoms with Gasteiger partial charge >= 0.3 is 0 Å². The van der Waals surface area contributed by atoms with Crippen LogP contribution in [0.25, 0.3) is 0 Å². The van der Waals surface area contributed by atoms with Gasteiger partial charge in [0, 0.05) is 23.5 Å². The summed E-state index contributed by atoms with van der Waals surface area (Å²) in [5.74, 6) is 0.555. The highest BCUT2D eigenvalue weighted by Gasteiger charge is 2.34. The number of thiazole rings is 1. The largest absolute Gasteiger partial charge is 0.343 e. The lowest BCUT2D eigenvalue weighted by Gasteiger charge is -2.31. The number of nitrogens with one attached hydrogen (secondary N) is 1. The monoisotopic (exact) mass is 281 g/mol. The van der Waals surface area contributed by atoms with E-state index in [1.807, 2.05) is 18.4 Å². The fourth-order valence-corrected chi connectivity index (χ4v) is 4.17. The summed E-state index contributed by atoms with van der Waals surface area (Å²) in [5, 5.41) is 4.50. The second-order valence-electron chi connectivity index (χ2n) is 6.21. The van der Waals surface area contributed by atoms with Crippen LogP contribution in [0, 0.1) is 0 Å². The highest BCUT2D eigenvalue weighted by atomic mass is 32.1. The summed E-state index contributed by atoms with van der Waals surface area (Å²) in [6.07, 6.45) is 3.71. The number of anilines is 1. The van der Waals surface area contributed by atoms with E-state index in [-0.39, 0.29) is 5.54 Å². The SMILES string of the molecule is CCC(C)c1nc(N2CCCC2(C)C)sc1CNC. The van der Waals surface area contributed by atoms with Gasteiger partial charge in [0.15, 0.2) is 5.13 Å². The van der Waals surface area contributed by atoms with Crippen LogP contribution >= 0.6 is 11.3 Å². The molecule has 19 heavy (non-hydrogen) atoms. The zero-order valence-corrected chi connectivity index (χ0v) is 13.7. The van der Waals surface area contributed by atoms with Crippen molar-refractivity contribution < 1.29 is 0 Å². The minimum absolute atomic E-state index is 0.265. The summed E-state index contributed by atoms with van der Waals surface area (Å²) in [4.78, 5) is 8.90. The van der Waals surface area contributed by atoms with E-state index in [0.29, 0.717) is 5.92 Å². The molecule has 0 spiro atoms. The molecular weight excluding hydrogens is 254 g/mol. The minimum atomic E-state index is 0.265. The van der Waals surface area contributed by atoms with E-state index < -0.39 is 0 Å². The van der Waals surface area contributed by atoms with Crippen molar-refractivity contribution in [2.24, 2.45) is 0 Å². The first-order chi connectivity index (χ1) is 8.99. The predicted octanol–water partition coefficient (Wildman–Crippen LogP) is 3.75. The van der Waals surface area contributed by atoms with Gasteiger partial charge in [-0.1, -0.05) is 13.8 Å². The number of hydrogen-bond donors (Lipinski definition) is 1. The lowest BCUT2D eigenvalue weighted by molar-refractivity contribution is 0.516. The fraction of sp³-hybridized carbons (Fsp3) is 0.800. The fourth-order valence-electron chi connectivity index (χ4n) is 2.79. The number of rotatable bonds is 5. The summed E-state index contributed by atoms with van der Waals surface area (Å²) in [5.41, 5.74) is 1.57. The van der Waals surface area contributed by atoms with Gasteiger partial charge in [-0.2, -0.15) is 0 Å². The van der Waals surface area contributed by atoms with Crippen molar-refractivity contribution in [2.75, 3.05) is 18.5 Å². The van der Waals surface area contributed by atoms with Gasteiger partial charge in [-0.15, -0.1) is 11.3 Å². The molecule has 1 saturated heterocycles. The summed E-state index contributed by atoms with van der Waals surface area (Å²) in [6, 6.07) is 0. The highest BCUT2D eigenvalue weighted by Crippen LogP contribution is 2.39. The lowest BCUT2D eigenvalue weighted by Crippen LogP contribution is -2.38. The van der Waals surface area contributed by atoms with E-state index in [1.165, 1.54) is 28.5 Å². The third-order valence-electron chi connectivity index (χ3n) is 4.26. The van der Waals surface area contributed by atoms with Crippen molar-refractivity contribution in [1.29, 1.82) is 0 Å². The van der Waals surface area contributed by atoms with Crippen LogP contribution < -0.4 is 10.2 Å². The molecule has 1 aliphatic rings. The topological polar surface area (TPSA) is 28.2 Å². The van der Waals surface area contributed by atoms with Gasteiger partial charge in [0.1, 0.15) is 0 Å². The third kappa shape index (κ3) is 2.95. The summed E-state index contributed by atoms with van der Waals surface area (Å²) in [7, 11) is 2.01. The summed E-state index contributed by atoms with van der Waals surface area (Å²) < 4.78 is 0. The molecule has 1 fully saturated rings. The predicted molar refractivity (Wildman–Crippen MR) is 84.2 cm³/mol. The molecule has 2 rings (SSSR count). The molecule has 0 aliphatic carbocycles. The standard InChI is InChI=1S/C15H27N3S/c1-6-11(2)13-12(10-16-5)19-14(17-13)18-9-7-8-15(18,3)4/h11,16H,6-10H2,1-5H3. The van der Waals surface area contributed by atoms with Crippen LogP contribution in [0.2, 0.25) is 0 Å². The Morgan fingerprint density at radius 3 is 2.74 bits per heavy atom. The van der Waals surface area contributed by atoms with Gasteiger partial charge < -0.3 is 10.2 Å². The van der Waals surface area contributed by atoms with E-state index in [2.05, 4.69) is 37.9 Å². The van der Waals surface area contributed by atoms with Crippen molar-refractivity contribution in [3.8, 4) is 0 Å². The lowest BCUT2D eigenvalue weighted by atomic mass is 10.0. The van der Waals surface area contributed by atoms with E-state index in [4.69, 9.17) is 4.98 Å². The van der Waals surface area contributed by atoms with Crippen LogP contribution in [0.1, 0.15) is 63.4 Å². The Kier molecular flexibility index (Phi) is 4.51. The Morgan fingerprint density at radius 2 is 2.21 bits per heavy atom. The van der Waals surface area contributed by atoms with E-state index >= 15 is 0 Å². The second-order valence-corrected chi connectivity index (χ2v) is 7.27. The van der Waals surface area contributed by atoms with E-state index in [1.54, 1.807) is 0 Å². The smallest absolute Gasteiger partial charge is 0.186 e. The van der Waals surface area contributed by atoms with Gasteiger partial charge in [-0.3, -0.25) is 0 Å².